The minimum atomic E-state index is 0.310. The van der Waals surface area contributed by atoms with E-state index in [9.17, 15) is 0 Å². The van der Waals surface area contributed by atoms with Gasteiger partial charge in [0.05, 0.1) is 0 Å². The highest BCUT2D eigenvalue weighted by atomic mass is 79.9. The van der Waals surface area contributed by atoms with Gasteiger partial charge < -0.3 is 4.57 Å². The van der Waals surface area contributed by atoms with Crippen LogP contribution in [0.15, 0.2) is 10.7 Å². The van der Waals surface area contributed by atoms with E-state index in [-0.39, 0.29) is 0 Å². The third-order valence-corrected chi connectivity index (χ3v) is 5.78. The molecule has 0 aliphatic carbocycles. The Hall–Kier alpha value is -0.240. The van der Waals surface area contributed by atoms with Gasteiger partial charge >= 0.3 is 0 Å². The molecule has 0 N–H and O–H groups in total. The maximum atomic E-state index is 3.85. The van der Waals surface area contributed by atoms with E-state index in [4.69, 9.17) is 0 Å². The van der Waals surface area contributed by atoms with Crippen molar-refractivity contribution in [1.82, 2.24) is 4.57 Å². The fraction of sp³-hybridized carbons (Fsp3) is 0.789. The number of rotatable bonds is 10. The lowest BCUT2D eigenvalue weighted by Gasteiger charge is -2.31. The van der Waals surface area contributed by atoms with E-state index in [1.807, 2.05) is 0 Å². The molecule has 0 saturated heterocycles. The van der Waals surface area contributed by atoms with E-state index >= 15 is 0 Å². The van der Waals surface area contributed by atoms with Gasteiger partial charge in [0, 0.05) is 28.8 Å². The first-order valence-corrected chi connectivity index (χ1v) is 9.57. The standard InChI is InChI=1S/C19H34BrN/c1-6-8-10-12-14-19(4,13-11-9-7-2)18-17(20)16(3)15-21(18)5/h15H,6-14H2,1-5H3. The Morgan fingerprint density at radius 1 is 1.00 bits per heavy atom. The van der Waals surface area contributed by atoms with E-state index < -0.39 is 0 Å². The largest absolute Gasteiger partial charge is 0.353 e. The third-order valence-electron chi connectivity index (χ3n) is 4.78. The van der Waals surface area contributed by atoms with Gasteiger partial charge in [-0.3, -0.25) is 0 Å². The van der Waals surface area contributed by atoms with Crippen LogP contribution in [-0.2, 0) is 12.5 Å². The van der Waals surface area contributed by atoms with E-state index in [0.29, 0.717) is 5.41 Å². The van der Waals surface area contributed by atoms with Gasteiger partial charge in [-0.1, -0.05) is 65.7 Å². The number of unbranched alkanes of at least 4 members (excludes halogenated alkanes) is 5. The molecule has 2 heteroatoms. The summed E-state index contributed by atoms with van der Waals surface area (Å²) in [6.45, 7) is 9.27. The van der Waals surface area contributed by atoms with Crippen molar-refractivity contribution in [3.05, 3.63) is 21.9 Å². The van der Waals surface area contributed by atoms with Crippen LogP contribution in [0.25, 0.3) is 0 Å². The summed E-state index contributed by atoms with van der Waals surface area (Å²) in [6, 6.07) is 0. The van der Waals surface area contributed by atoms with Crippen LogP contribution in [0.3, 0.4) is 0 Å². The first-order valence-electron chi connectivity index (χ1n) is 8.78. The van der Waals surface area contributed by atoms with Crippen molar-refractivity contribution in [2.45, 2.75) is 90.9 Å². The Bertz CT molecular complexity index is 421. The van der Waals surface area contributed by atoms with Crippen molar-refractivity contribution >= 4 is 15.9 Å². The molecule has 122 valence electrons. The van der Waals surface area contributed by atoms with Gasteiger partial charge in [0.1, 0.15) is 0 Å². The second-order valence-corrected chi connectivity index (χ2v) is 7.71. The van der Waals surface area contributed by atoms with Crippen LogP contribution >= 0.6 is 15.9 Å². The Labute approximate surface area is 140 Å². The van der Waals surface area contributed by atoms with Crippen molar-refractivity contribution in [1.29, 1.82) is 0 Å². The van der Waals surface area contributed by atoms with Crippen molar-refractivity contribution in [3.63, 3.8) is 0 Å². The van der Waals surface area contributed by atoms with E-state index in [1.165, 1.54) is 73.5 Å². The van der Waals surface area contributed by atoms with Gasteiger partial charge in [-0.2, -0.15) is 0 Å². The highest BCUT2D eigenvalue weighted by molar-refractivity contribution is 9.10. The zero-order chi connectivity index (χ0) is 15.9. The van der Waals surface area contributed by atoms with Gasteiger partial charge in [-0.15, -0.1) is 0 Å². The molecule has 0 fully saturated rings. The monoisotopic (exact) mass is 355 g/mol. The van der Waals surface area contributed by atoms with Crippen LogP contribution in [0, 0.1) is 6.92 Å². The summed E-state index contributed by atoms with van der Waals surface area (Å²) in [5, 5.41) is 0. The first-order chi connectivity index (χ1) is 9.96. The Kier molecular flexibility index (Phi) is 8.08. The molecule has 1 aromatic rings. The lowest BCUT2D eigenvalue weighted by atomic mass is 9.77. The van der Waals surface area contributed by atoms with Crippen LogP contribution in [0.4, 0.5) is 0 Å². The summed E-state index contributed by atoms with van der Waals surface area (Å²) >= 11 is 3.85. The van der Waals surface area contributed by atoms with Crippen LogP contribution in [0.2, 0.25) is 0 Å². The molecule has 0 aromatic carbocycles. The second kappa shape index (κ2) is 9.02. The van der Waals surface area contributed by atoms with E-state index in [2.05, 4.69) is 61.4 Å². The summed E-state index contributed by atoms with van der Waals surface area (Å²) in [4.78, 5) is 0. The molecule has 1 nitrogen and oxygen atoms in total. The number of aryl methyl sites for hydroxylation is 2. The Balaban J connectivity index is 2.88. The lowest BCUT2D eigenvalue weighted by Crippen LogP contribution is -2.25. The van der Waals surface area contributed by atoms with Crippen molar-refractivity contribution in [2.24, 2.45) is 7.05 Å². The molecule has 0 bridgehead atoms. The summed E-state index contributed by atoms with van der Waals surface area (Å²) in [5.74, 6) is 0. The van der Waals surface area contributed by atoms with Crippen molar-refractivity contribution in [2.75, 3.05) is 0 Å². The van der Waals surface area contributed by atoms with Crippen LogP contribution in [0.5, 0.6) is 0 Å². The maximum absolute atomic E-state index is 3.85. The third kappa shape index (κ3) is 5.16. The molecule has 21 heavy (non-hydrogen) atoms. The number of hydrogen-bond donors (Lipinski definition) is 0. The predicted molar refractivity (Wildman–Crippen MR) is 98.1 cm³/mol. The highest BCUT2D eigenvalue weighted by Gasteiger charge is 2.31. The molecule has 1 atom stereocenters. The summed E-state index contributed by atoms with van der Waals surface area (Å²) in [5.41, 5.74) is 3.18. The quantitative estimate of drug-likeness (QED) is 0.402. The fourth-order valence-corrected chi connectivity index (χ4v) is 4.37. The molecule has 1 rings (SSSR count). The lowest BCUT2D eigenvalue weighted by molar-refractivity contribution is 0.347. The van der Waals surface area contributed by atoms with Crippen LogP contribution in [0.1, 0.15) is 89.8 Å². The average molecular weight is 356 g/mol. The summed E-state index contributed by atoms with van der Waals surface area (Å²) in [6.07, 6.45) is 14.3. The van der Waals surface area contributed by atoms with E-state index in [0.717, 1.165) is 0 Å². The minimum absolute atomic E-state index is 0.310. The van der Waals surface area contributed by atoms with Gasteiger partial charge in [-0.05, 0) is 41.3 Å². The average Bonchev–Trinajstić information content (AvgIpc) is 2.69. The zero-order valence-corrected chi connectivity index (χ0v) is 16.4. The highest BCUT2D eigenvalue weighted by Crippen LogP contribution is 2.40. The number of aromatic nitrogens is 1. The smallest absolute Gasteiger partial charge is 0.0419 e. The normalized spacial score (nSPS) is 14.4. The molecule has 0 aliphatic rings. The van der Waals surface area contributed by atoms with Gasteiger partial charge in [0.15, 0.2) is 0 Å². The van der Waals surface area contributed by atoms with Crippen molar-refractivity contribution in [3.8, 4) is 0 Å². The molecule has 1 unspecified atom stereocenters. The molecule has 0 amide bonds. The van der Waals surface area contributed by atoms with Gasteiger partial charge in [-0.25, -0.2) is 0 Å². The maximum Gasteiger partial charge on any atom is 0.0419 e. The summed E-state index contributed by atoms with van der Waals surface area (Å²) in [7, 11) is 2.21. The van der Waals surface area contributed by atoms with Gasteiger partial charge in [0.2, 0.25) is 0 Å². The zero-order valence-electron chi connectivity index (χ0n) is 14.8. The van der Waals surface area contributed by atoms with E-state index in [1.54, 1.807) is 0 Å². The summed E-state index contributed by atoms with van der Waals surface area (Å²) < 4.78 is 3.69. The van der Waals surface area contributed by atoms with Crippen LogP contribution < -0.4 is 0 Å². The SMILES string of the molecule is CCCCCCC(C)(CCCCC)c1c(Br)c(C)cn1C. The van der Waals surface area contributed by atoms with Crippen molar-refractivity contribution < 1.29 is 0 Å². The number of nitrogens with zero attached hydrogens (tertiary/aromatic N) is 1. The number of hydrogen-bond acceptors (Lipinski definition) is 0. The fourth-order valence-electron chi connectivity index (χ4n) is 3.51. The molecule has 0 saturated carbocycles. The second-order valence-electron chi connectivity index (χ2n) is 6.91. The Morgan fingerprint density at radius 2 is 1.52 bits per heavy atom. The molecule has 0 radical (unpaired) electrons. The first kappa shape index (κ1) is 18.8. The van der Waals surface area contributed by atoms with Crippen LogP contribution in [-0.4, -0.2) is 4.57 Å². The predicted octanol–water partition coefficient (Wildman–Crippen LogP) is 6.90. The Morgan fingerprint density at radius 3 is 2.00 bits per heavy atom. The topological polar surface area (TPSA) is 4.93 Å². The van der Waals surface area contributed by atoms with Gasteiger partial charge in [0.25, 0.3) is 0 Å². The molecule has 1 heterocycles. The molecular weight excluding hydrogens is 322 g/mol. The number of halogens is 1. The molecular formula is C19H34BrN. The molecule has 0 aliphatic heterocycles. The molecule has 0 spiro atoms. The molecule has 1 aromatic heterocycles. The minimum Gasteiger partial charge on any atom is -0.353 e.